The molecule has 0 bridgehead atoms. The maximum atomic E-state index is 13.0. The molecule has 0 radical (unpaired) electrons. The third-order valence-corrected chi connectivity index (χ3v) is 6.03. The lowest BCUT2D eigenvalue weighted by Gasteiger charge is -2.13. The van der Waals surface area contributed by atoms with E-state index in [0.717, 1.165) is 22.9 Å². The molecule has 0 saturated carbocycles. The van der Waals surface area contributed by atoms with E-state index < -0.39 is 5.97 Å². The molecule has 3 aromatic carbocycles. The summed E-state index contributed by atoms with van der Waals surface area (Å²) in [4.78, 5) is 34.2. The molecular formula is C29H29N3O5. The molecule has 0 unspecified atom stereocenters. The first-order valence-electron chi connectivity index (χ1n) is 12.1. The van der Waals surface area contributed by atoms with Gasteiger partial charge in [0.2, 0.25) is 5.95 Å². The molecule has 0 aliphatic heterocycles. The van der Waals surface area contributed by atoms with E-state index >= 15 is 0 Å². The maximum Gasteiger partial charge on any atom is 0.338 e. The molecule has 0 amide bonds. The predicted molar refractivity (Wildman–Crippen MR) is 141 cm³/mol. The van der Waals surface area contributed by atoms with Gasteiger partial charge in [0.1, 0.15) is 0 Å². The Balaban J connectivity index is 1.63. The first kappa shape index (κ1) is 25.9. The highest BCUT2D eigenvalue weighted by Crippen LogP contribution is 2.30. The molecule has 0 atom stereocenters. The molecular weight excluding hydrogens is 470 g/mol. The molecule has 0 aliphatic rings. The van der Waals surface area contributed by atoms with Crippen LogP contribution in [0.15, 0.2) is 60.7 Å². The Bertz CT molecular complexity index is 1430. The number of nitrogens with one attached hydrogen (secondary N) is 1. The van der Waals surface area contributed by atoms with Gasteiger partial charge in [-0.2, -0.15) is 0 Å². The number of carbonyl (C=O) groups excluding carboxylic acids is 2. The van der Waals surface area contributed by atoms with Gasteiger partial charge in [0, 0.05) is 30.0 Å². The van der Waals surface area contributed by atoms with Gasteiger partial charge in [0.25, 0.3) is 0 Å². The van der Waals surface area contributed by atoms with Crippen molar-refractivity contribution in [3.63, 3.8) is 0 Å². The third-order valence-electron chi connectivity index (χ3n) is 6.03. The van der Waals surface area contributed by atoms with Crippen LogP contribution in [0, 0.1) is 0 Å². The number of Topliss-reactive ketones (excluding diaryl/α,β-unsaturated/α-hetero) is 1. The normalized spacial score (nSPS) is 10.9. The molecule has 4 rings (SSSR count). The average Bonchev–Trinajstić information content (AvgIpc) is 2.94. The van der Waals surface area contributed by atoms with E-state index in [2.05, 4.69) is 15.3 Å². The molecule has 4 aromatic rings. The number of hydrogen-bond acceptors (Lipinski definition) is 8. The molecule has 8 heteroatoms. The first-order valence-corrected chi connectivity index (χ1v) is 12.1. The minimum absolute atomic E-state index is 0.0794. The number of nitrogens with zero attached hydrogens (tertiary/aromatic N) is 2. The number of ether oxygens (including phenoxy) is 1. The van der Waals surface area contributed by atoms with Crippen molar-refractivity contribution in [1.29, 1.82) is 0 Å². The Morgan fingerprint density at radius 3 is 2.30 bits per heavy atom. The number of aliphatic hydroxyl groups is 2. The number of fused-ring (bicyclic) bond motifs is 1. The van der Waals surface area contributed by atoms with Crippen molar-refractivity contribution < 1.29 is 24.5 Å². The van der Waals surface area contributed by atoms with Crippen LogP contribution >= 0.6 is 0 Å². The first-order chi connectivity index (χ1) is 18.0. The van der Waals surface area contributed by atoms with Gasteiger partial charge in [-0.25, -0.2) is 14.8 Å². The fraction of sp³-hybridized carbons (Fsp3) is 0.241. The Labute approximate surface area is 215 Å². The molecule has 190 valence electrons. The summed E-state index contributed by atoms with van der Waals surface area (Å²) in [5, 5.41) is 23.2. The number of carbonyl (C=O) groups is 2. The number of benzene rings is 3. The van der Waals surface area contributed by atoms with Gasteiger partial charge in [-0.1, -0.05) is 37.3 Å². The second kappa shape index (κ2) is 11.7. The fourth-order valence-electron chi connectivity index (χ4n) is 4.08. The highest BCUT2D eigenvalue weighted by molar-refractivity contribution is 5.99. The Morgan fingerprint density at radius 2 is 1.62 bits per heavy atom. The summed E-state index contributed by atoms with van der Waals surface area (Å²) >= 11 is 0. The summed E-state index contributed by atoms with van der Waals surface area (Å²) in [6.45, 7) is 1.86. The molecule has 0 saturated heterocycles. The van der Waals surface area contributed by atoms with Crippen LogP contribution < -0.4 is 5.32 Å². The van der Waals surface area contributed by atoms with Crippen molar-refractivity contribution in [3.8, 4) is 11.3 Å². The van der Waals surface area contributed by atoms with Crippen molar-refractivity contribution in [2.24, 2.45) is 0 Å². The topological polar surface area (TPSA) is 122 Å². The number of aromatic nitrogens is 2. The summed E-state index contributed by atoms with van der Waals surface area (Å²) in [6, 6.07) is 17.6. The highest BCUT2D eigenvalue weighted by Gasteiger charge is 2.15. The van der Waals surface area contributed by atoms with E-state index in [9.17, 15) is 19.8 Å². The summed E-state index contributed by atoms with van der Waals surface area (Å²) in [5.41, 5.74) is 5.01. The van der Waals surface area contributed by atoms with E-state index in [1.807, 2.05) is 31.2 Å². The van der Waals surface area contributed by atoms with Crippen LogP contribution in [0.3, 0.4) is 0 Å². The maximum absolute atomic E-state index is 13.0. The average molecular weight is 500 g/mol. The van der Waals surface area contributed by atoms with Crippen molar-refractivity contribution in [3.05, 3.63) is 88.5 Å². The quantitative estimate of drug-likeness (QED) is 0.218. The van der Waals surface area contributed by atoms with Crippen molar-refractivity contribution in [2.45, 2.75) is 33.0 Å². The number of esters is 1. The zero-order chi connectivity index (χ0) is 26.4. The molecule has 8 nitrogen and oxygen atoms in total. The lowest BCUT2D eigenvalue weighted by molar-refractivity contribution is 0.0504. The Hall–Kier alpha value is -4.14. The fourth-order valence-corrected chi connectivity index (χ4v) is 4.08. The minimum atomic E-state index is -0.401. The second-order valence-electron chi connectivity index (χ2n) is 8.61. The lowest BCUT2D eigenvalue weighted by atomic mass is 9.97. The van der Waals surface area contributed by atoms with Gasteiger partial charge in [0.05, 0.1) is 36.6 Å². The van der Waals surface area contributed by atoms with Crippen LogP contribution in [0.25, 0.3) is 22.2 Å². The van der Waals surface area contributed by atoms with Crippen LogP contribution in [0.5, 0.6) is 0 Å². The molecule has 3 N–H and O–H groups in total. The highest BCUT2D eigenvalue weighted by atomic mass is 16.5. The van der Waals surface area contributed by atoms with Crippen LogP contribution in [0.2, 0.25) is 0 Å². The van der Waals surface area contributed by atoms with E-state index in [1.54, 1.807) is 43.4 Å². The summed E-state index contributed by atoms with van der Waals surface area (Å²) in [6.07, 6.45) is 0.917. The zero-order valence-electron chi connectivity index (χ0n) is 20.8. The third kappa shape index (κ3) is 5.82. The number of ketones is 1. The summed E-state index contributed by atoms with van der Waals surface area (Å²) < 4.78 is 5.14. The summed E-state index contributed by atoms with van der Waals surface area (Å²) in [7, 11) is 1.73. The number of aliphatic hydroxyl groups excluding tert-OH is 2. The molecule has 0 aliphatic carbocycles. The van der Waals surface area contributed by atoms with Crippen molar-refractivity contribution in [2.75, 3.05) is 19.0 Å². The summed E-state index contributed by atoms with van der Waals surface area (Å²) in [5.74, 6) is -0.0616. The predicted octanol–water partition coefficient (Wildman–Crippen LogP) is 4.32. The zero-order valence-corrected chi connectivity index (χ0v) is 20.8. The number of anilines is 1. The van der Waals surface area contributed by atoms with Crippen LogP contribution in [0.1, 0.15) is 50.8 Å². The largest absolute Gasteiger partial charge is 0.462 e. The van der Waals surface area contributed by atoms with Gasteiger partial charge < -0.3 is 20.3 Å². The smallest absolute Gasteiger partial charge is 0.338 e. The SMILES string of the molecule is CCCOC(=O)c1ccc(C(=O)Cc2cccc(-c3nc(NC)nc4cc(CO)c(CO)cc34)c2)cc1. The molecule has 1 heterocycles. The van der Waals surface area contributed by atoms with E-state index in [-0.39, 0.29) is 25.4 Å². The molecule has 37 heavy (non-hydrogen) atoms. The Kier molecular flexibility index (Phi) is 8.22. The van der Waals surface area contributed by atoms with Crippen molar-refractivity contribution in [1.82, 2.24) is 9.97 Å². The molecule has 0 spiro atoms. The van der Waals surface area contributed by atoms with E-state index in [1.165, 1.54) is 0 Å². The van der Waals surface area contributed by atoms with Crippen LogP contribution in [0.4, 0.5) is 5.95 Å². The van der Waals surface area contributed by atoms with Gasteiger partial charge in [-0.15, -0.1) is 0 Å². The number of hydrogen-bond donors (Lipinski definition) is 3. The Morgan fingerprint density at radius 1 is 0.919 bits per heavy atom. The second-order valence-corrected chi connectivity index (χ2v) is 8.61. The standard InChI is InChI=1S/C29H29N3O5/c1-3-11-37-28(36)20-9-7-19(8-10-20)26(35)13-18-5-4-6-21(12-18)27-24-14-22(16-33)23(17-34)15-25(24)31-29(30-2)32-27/h4-10,12,14-15,33-34H,3,11,13,16-17H2,1-2H3,(H,30,31,32). The number of rotatable bonds is 10. The van der Waals surface area contributed by atoms with Crippen LogP contribution in [-0.4, -0.2) is 45.6 Å². The monoisotopic (exact) mass is 499 g/mol. The van der Waals surface area contributed by atoms with Gasteiger partial charge in [0.15, 0.2) is 5.78 Å². The van der Waals surface area contributed by atoms with E-state index in [4.69, 9.17) is 4.74 Å². The molecule has 0 fully saturated rings. The minimum Gasteiger partial charge on any atom is -0.462 e. The lowest BCUT2D eigenvalue weighted by Crippen LogP contribution is -2.08. The van der Waals surface area contributed by atoms with Crippen LogP contribution in [-0.2, 0) is 24.4 Å². The molecule has 1 aromatic heterocycles. The van der Waals surface area contributed by atoms with Gasteiger partial charge in [-0.05, 0) is 53.4 Å². The van der Waals surface area contributed by atoms with Gasteiger partial charge in [-0.3, -0.25) is 4.79 Å². The van der Waals surface area contributed by atoms with Gasteiger partial charge >= 0.3 is 5.97 Å². The van der Waals surface area contributed by atoms with Crippen molar-refractivity contribution >= 4 is 28.6 Å². The van der Waals surface area contributed by atoms with E-state index in [0.29, 0.717) is 46.0 Å².